The zero-order valence-corrected chi connectivity index (χ0v) is 29.8. The summed E-state index contributed by atoms with van der Waals surface area (Å²) in [6, 6.07) is 70.9. The largest absolute Gasteiger partial charge is 0.456 e. The topological polar surface area (TPSA) is 29.5 Å². The van der Waals surface area contributed by atoms with Gasteiger partial charge in [0.1, 0.15) is 22.3 Å². The van der Waals surface area contributed by atoms with Crippen LogP contribution in [-0.2, 0) is 0 Å². The van der Waals surface area contributed by atoms with Crippen molar-refractivity contribution in [1.29, 1.82) is 0 Å². The van der Waals surface area contributed by atoms with Gasteiger partial charge in [-0.15, -0.1) is 0 Å². The second kappa shape index (κ2) is 12.6. The van der Waals surface area contributed by atoms with Gasteiger partial charge in [0, 0.05) is 44.7 Å². The number of furan rings is 2. The summed E-state index contributed by atoms with van der Waals surface area (Å²) in [5.41, 5.74) is 13.7. The molecule has 3 nitrogen and oxygen atoms in total. The first-order valence-electron chi connectivity index (χ1n) is 18.7. The van der Waals surface area contributed by atoms with Crippen molar-refractivity contribution in [3.63, 3.8) is 0 Å². The quantitative estimate of drug-likeness (QED) is 0.173. The lowest BCUT2D eigenvalue weighted by Crippen LogP contribution is -2.10. The summed E-state index contributed by atoms with van der Waals surface area (Å²) >= 11 is 0. The van der Waals surface area contributed by atoms with Gasteiger partial charge in [0.15, 0.2) is 0 Å². The fourth-order valence-electron chi connectivity index (χ4n) is 8.24. The van der Waals surface area contributed by atoms with E-state index in [1.54, 1.807) is 0 Å². The number of anilines is 3. The average molecular weight is 704 g/mol. The van der Waals surface area contributed by atoms with Gasteiger partial charge in [-0.2, -0.15) is 0 Å². The minimum atomic E-state index is 0.864. The first-order valence-corrected chi connectivity index (χ1v) is 18.7. The van der Waals surface area contributed by atoms with E-state index in [-0.39, 0.29) is 0 Å². The second-order valence-electron chi connectivity index (χ2n) is 14.1. The summed E-state index contributed by atoms with van der Waals surface area (Å²) in [7, 11) is 0. The Morgan fingerprint density at radius 3 is 1.65 bits per heavy atom. The van der Waals surface area contributed by atoms with E-state index in [0.29, 0.717) is 0 Å². The second-order valence-corrected chi connectivity index (χ2v) is 14.1. The highest BCUT2D eigenvalue weighted by atomic mass is 16.3. The Bertz CT molecular complexity index is 3190. The maximum atomic E-state index is 6.54. The number of hydrogen-bond acceptors (Lipinski definition) is 3. The third-order valence-corrected chi connectivity index (χ3v) is 10.9. The maximum Gasteiger partial charge on any atom is 0.137 e. The molecule has 0 saturated heterocycles. The Morgan fingerprint density at radius 2 is 0.836 bits per heavy atom. The molecule has 0 unspecified atom stereocenters. The summed E-state index contributed by atoms with van der Waals surface area (Å²) in [6.45, 7) is 0. The number of hydrogen-bond donors (Lipinski definition) is 0. The lowest BCUT2D eigenvalue weighted by Gasteiger charge is -2.26. The smallest absolute Gasteiger partial charge is 0.137 e. The standard InChI is InChI=1S/C52H33NO2/c1-3-12-34(13-4-1)37-16-11-17-40(30-37)53(41-27-28-44-43-19-9-10-21-48(43)54-50(44)32-41)39-25-22-35(23-26-39)38-24-29-49-47(31-38)52-45-20-8-7-18-42(45)46(33-51(52)55-49)36-14-5-2-6-15-36/h1-33H. The van der Waals surface area contributed by atoms with Gasteiger partial charge >= 0.3 is 0 Å². The minimum Gasteiger partial charge on any atom is -0.456 e. The van der Waals surface area contributed by atoms with Crippen LogP contribution < -0.4 is 4.90 Å². The molecule has 0 radical (unpaired) electrons. The average Bonchev–Trinajstić information content (AvgIpc) is 3.82. The summed E-state index contributed by atoms with van der Waals surface area (Å²) in [5.74, 6) is 0. The Labute approximate surface area is 317 Å². The summed E-state index contributed by atoms with van der Waals surface area (Å²) < 4.78 is 12.9. The van der Waals surface area contributed by atoms with Crippen molar-refractivity contribution < 1.29 is 8.83 Å². The van der Waals surface area contributed by atoms with Crippen molar-refractivity contribution in [1.82, 2.24) is 0 Å². The van der Waals surface area contributed by atoms with Crippen molar-refractivity contribution in [2.24, 2.45) is 0 Å². The molecule has 0 atom stereocenters. The van der Waals surface area contributed by atoms with Crippen LogP contribution in [0.3, 0.4) is 0 Å². The van der Waals surface area contributed by atoms with Gasteiger partial charge in [-0.25, -0.2) is 0 Å². The molecule has 0 fully saturated rings. The zero-order chi connectivity index (χ0) is 36.3. The van der Waals surface area contributed by atoms with Crippen LogP contribution in [0.15, 0.2) is 209 Å². The molecule has 9 aromatic carbocycles. The van der Waals surface area contributed by atoms with Crippen molar-refractivity contribution in [3.05, 3.63) is 200 Å². The number of rotatable bonds is 6. The van der Waals surface area contributed by atoms with E-state index in [1.807, 2.05) is 12.1 Å². The Hall–Kier alpha value is -7.36. The van der Waals surface area contributed by atoms with E-state index in [0.717, 1.165) is 77.6 Å². The molecule has 0 spiro atoms. The van der Waals surface area contributed by atoms with E-state index < -0.39 is 0 Å². The lowest BCUT2D eigenvalue weighted by molar-refractivity contribution is 0.668. The van der Waals surface area contributed by atoms with Gasteiger partial charge in [0.05, 0.1) is 0 Å². The first kappa shape index (κ1) is 31.2. The molecule has 2 aromatic heterocycles. The molecule has 3 heteroatoms. The third-order valence-electron chi connectivity index (χ3n) is 10.9. The molecule has 0 aliphatic carbocycles. The Morgan fingerprint density at radius 1 is 0.273 bits per heavy atom. The highest BCUT2D eigenvalue weighted by molar-refractivity contribution is 6.22. The molecule has 11 rings (SSSR count). The van der Waals surface area contributed by atoms with E-state index in [4.69, 9.17) is 8.83 Å². The number of nitrogens with zero attached hydrogens (tertiary/aromatic N) is 1. The van der Waals surface area contributed by atoms with Crippen LogP contribution in [0.1, 0.15) is 0 Å². The molecule has 0 N–H and O–H groups in total. The van der Waals surface area contributed by atoms with Crippen LogP contribution in [0.2, 0.25) is 0 Å². The third kappa shape index (κ3) is 5.28. The molecule has 11 aromatic rings. The maximum absolute atomic E-state index is 6.54. The molecule has 0 saturated carbocycles. The van der Waals surface area contributed by atoms with Gasteiger partial charge < -0.3 is 13.7 Å². The van der Waals surface area contributed by atoms with E-state index >= 15 is 0 Å². The van der Waals surface area contributed by atoms with Crippen molar-refractivity contribution in [2.75, 3.05) is 4.90 Å². The zero-order valence-electron chi connectivity index (χ0n) is 29.8. The molecule has 0 aliphatic heterocycles. The highest BCUT2D eigenvalue weighted by Crippen LogP contribution is 2.43. The molecule has 0 aliphatic rings. The Balaban J connectivity index is 1.03. The number of benzene rings is 9. The van der Waals surface area contributed by atoms with E-state index in [9.17, 15) is 0 Å². The van der Waals surface area contributed by atoms with Gasteiger partial charge in [-0.3, -0.25) is 0 Å². The van der Waals surface area contributed by atoms with Crippen LogP contribution in [-0.4, -0.2) is 0 Å². The van der Waals surface area contributed by atoms with Gasteiger partial charge in [-0.1, -0.05) is 133 Å². The first-order chi connectivity index (χ1) is 27.2. The fraction of sp³-hybridized carbons (Fsp3) is 0. The van der Waals surface area contributed by atoms with Gasteiger partial charge in [-0.05, 0) is 105 Å². The van der Waals surface area contributed by atoms with E-state index in [1.165, 1.54) is 27.5 Å². The normalized spacial score (nSPS) is 11.6. The monoisotopic (exact) mass is 703 g/mol. The SMILES string of the molecule is c1ccc(-c2cccc(N(c3ccc(-c4ccc5oc6cc(-c7ccccc7)c7ccccc7c6c5c4)cc3)c3ccc4c(c3)oc3ccccc34)c2)cc1. The predicted octanol–water partition coefficient (Wildman–Crippen LogP) is 15.1. The molecule has 2 heterocycles. The van der Waals surface area contributed by atoms with Crippen LogP contribution in [0.4, 0.5) is 17.1 Å². The van der Waals surface area contributed by atoms with E-state index in [2.05, 4.69) is 193 Å². The minimum absolute atomic E-state index is 0.864. The fourth-order valence-corrected chi connectivity index (χ4v) is 8.24. The van der Waals surface area contributed by atoms with Gasteiger partial charge in [0.2, 0.25) is 0 Å². The molecule has 258 valence electrons. The molecule has 0 bridgehead atoms. The van der Waals surface area contributed by atoms with Crippen LogP contribution in [0, 0.1) is 0 Å². The molecular formula is C52H33NO2. The van der Waals surface area contributed by atoms with Crippen molar-refractivity contribution in [2.45, 2.75) is 0 Å². The highest BCUT2D eigenvalue weighted by Gasteiger charge is 2.18. The van der Waals surface area contributed by atoms with Crippen LogP contribution in [0.5, 0.6) is 0 Å². The van der Waals surface area contributed by atoms with Crippen LogP contribution in [0.25, 0.3) is 88.0 Å². The molecule has 55 heavy (non-hydrogen) atoms. The molecule has 0 amide bonds. The lowest BCUT2D eigenvalue weighted by atomic mass is 9.94. The molecular weight excluding hydrogens is 671 g/mol. The Kier molecular flexibility index (Phi) is 7.17. The summed E-state index contributed by atoms with van der Waals surface area (Å²) in [4.78, 5) is 2.31. The summed E-state index contributed by atoms with van der Waals surface area (Å²) in [5, 5.41) is 6.91. The predicted molar refractivity (Wildman–Crippen MR) is 229 cm³/mol. The van der Waals surface area contributed by atoms with Crippen molar-refractivity contribution in [3.8, 4) is 33.4 Å². The number of para-hydroxylation sites is 1. The van der Waals surface area contributed by atoms with Crippen LogP contribution >= 0.6 is 0 Å². The van der Waals surface area contributed by atoms with Crippen molar-refractivity contribution >= 4 is 71.7 Å². The van der Waals surface area contributed by atoms with Gasteiger partial charge in [0.25, 0.3) is 0 Å². The summed E-state index contributed by atoms with van der Waals surface area (Å²) in [6.07, 6.45) is 0. The number of fused-ring (bicyclic) bond motifs is 8.